The molecular weight excluding hydrogens is 582 g/mol. The van der Waals surface area contributed by atoms with E-state index < -0.39 is 29.6 Å². The SMILES string of the molecule is CC1=CC[C@@H]([C@@H](C)/C=C(C)/C=C\C=C\C(=O)N[C@H](C(=O)N/C=C\C[C@H](C/C=C(\C)Cl)OC(=O)NC(C)C)C(C)(C)C)OC1=O. The van der Waals surface area contributed by atoms with E-state index >= 15 is 0 Å². The average molecular weight is 632 g/mol. The molecule has 4 atom stereocenters. The first-order valence-corrected chi connectivity index (χ1v) is 15.3. The molecule has 3 amide bonds. The zero-order chi connectivity index (χ0) is 33.4. The monoisotopic (exact) mass is 631 g/mol. The molecule has 10 heteroatoms. The molecule has 9 nitrogen and oxygen atoms in total. The molecule has 0 aromatic rings. The van der Waals surface area contributed by atoms with Crippen LogP contribution in [0.15, 0.2) is 71.0 Å². The van der Waals surface area contributed by atoms with Crippen molar-refractivity contribution >= 4 is 35.5 Å². The lowest BCUT2D eigenvalue weighted by Gasteiger charge is -2.29. The maximum Gasteiger partial charge on any atom is 0.407 e. The summed E-state index contributed by atoms with van der Waals surface area (Å²) in [5.41, 5.74) is 1.03. The molecule has 0 saturated carbocycles. The van der Waals surface area contributed by atoms with Crippen molar-refractivity contribution in [1.29, 1.82) is 0 Å². The van der Waals surface area contributed by atoms with Crippen molar-refractivity contribution in [2.75, 3.05) is 0 Å². The molecule has 44 heavy (non-hydrogen) atoms. The molecule has 1 heterocycles. The molecule has 0 fully saturated rings. The van der Waals surface area contributed by atoms with Crippen molar-refractivity contribution in [1.82, 2.24) is 16.0 Å². The van der Waals surface area contributed by atoms with Crippen LogP contribution < -0.4 is 16.0 Å². The Morgan fingerprint density at radius 1 is 1.09 bits per heavy atom. The van der Waals surface area contributed by atoms with Crippen LogP contribution in [0.1, 0.15) is 81.6 Å². The lowest BCUT2D eigenvalue weighted by Crippen LogP contribution is -2.52. The van der Waals surface area contributed by atoms with Crippen molar-refractivity contribution in [3.05, 3.63) is 71.0 Å². The van der Waals surface area contributed by atoms with E-state index in [1.54, 1.807) is 38.2 Å². The minimum Gasteiger partial charge on any atom is -0.458 e. The molecule has 1 rings (SSSR count). The third-order valence-electron chi connectivity index (χ3n) is 6.57. The number of carbonyl (C=O) groups excluding carboxylic acids is 4. The Labute approximate surface area is 267 Å². The molecule has 0 spiro atoms. The largest absolute Gasteiger partial charge is 0.458 e. The summed E-state index contributed by atoms with van der Waals surface area (Å²) in [7, 11) is 0. The molecule has 0 radical (unpaired) electrons. The van der Waals surface area contributed by atoms with Crippen LogP contribution in [-0.2, 0) is 23.9 Å². The molecule has 3 N–H and O–H groups in total. The van der Waals surface area contributed by atoms with E-state index in [0.29, 0.717) is 29.9 Å². The highest BCUT2D eigenvalue weighted by atomic mass is 35.5. The highest BCUT2D eigenvalue weighted by Gasteiger charge is 2.32. The molecule has 0 aromatic carbocycles. The lowest BCUT2D eigenvalue weighted by atomic mass is 9.86. The fourth-order valence-electron chi connectivity index (χ4n) is 4.12. The first-order valence-electron chi connectivity index (χ1n) is 15.0. The van der Waals surface area contributed by atoms with E-state index in [1.165, 1.54) is 12.3 Å². The summed E-state index contributed by atoms with van der Waals surface area (Å²) < 4.78 is 11.0. The number of alkyl carbamates (subject to hydrolysis) is 1. The third-order valence-corrected chi connectivity index (χ3v) is 6.72. The first kappa shape index (κ1) is 38.4. The summed E-state index contributed by atoms with van der Waals surface area (Å²) in [6.45, 7) is 16.7. The normalized spacial score (nSPS) is 18.7. The number of cyclic esters (lactones) is 1. The van der Waals surface area contributed by atoms with Gasteiger partial charge in [0, 0.05) is 47.9 Å². The summed E-state index contributed by atoms with van der Waals surface area (Å²) >= 11 is 5.94. The zero-order valence-corrected chi connectivity index (χ0v) is 28.3. The van der Waals surface area contributed by atoms with Gasteiger partial charge in [-0.05, 0) is 46.2 Å². The van der Waals surface area contributed by atoms with Crippen molar-refractivity contribution < 1.29 is 28.7 Å². The van der Waals surface area contributed by atoms with Gasteiger partial charge in [-0.2, -0.15) is 0 Å². The molecular formula is C34H50ClN3O6. The number of esters is 1. The van der Waals surface area contributed by atoms with Gasteiger partial charge in [0.15, 0.2) is 0 Å². The average Bonchev–Trinajstić information content (AvgIpc) is 2.90. The maximum absolute atomic E-state index is 13.0. The number of rotatable bonds is 14. The quantitative estimate of drug-likeness (QED) is 0.114. The molecule has 0 saturated heterocycles. The van der Waals surface area contributed by atoms with Crippen LogP contribution >= 0.6 is 11.6 Å². The van der Waals surface area contributed by atoms with E-state index in [1.807, 2.05) is 66.7 Å². The second-order valence-corrected chi connectivity index (χ2v) is 13.0. The highest BCUT2D eigenvalue weighted by molar-refractivity contribution is 6.29. The number of hydrogen-bond donors (Lipinski definition) is 3. The van der Waals surface area contributed by atoms with Gasteiger partial charge >= 0.3 is 12.1 Å². The van der Waals surface area contributed by atoms with Gasteiger partial charge in [-0.3, -0.25) is 9.59 Å². The summed E-state index contributed by atoms with van der Waals surface area (Å²) in [5, 5.41) is 8.78. The number of carbonyl (C=O) groups is 4. The van der Waals surface area contributed by atoms with Gasteiger partial charge in [0.25, 0.3) is 0 Å². The molecule has 1 aliphatic heterocycles. The number of halogens is 1. The van der Waals surface area contributed by atoms with Crippen LogP contribution in [-0.4, -0.2) is 48.2 Å². The lowest BCUT2D eigenvalue weighted by molar-refractivity contribution is -0.147. The Hall–Kier alpha value is -3.59. The Kier molecular flexibility index (Phi) is 16.5. The Bertz CT molecular complexity index is 1190. The van der Waals surface area contributed by atoms with E-state index in [-0.39, 0.29) is 29.9 Å². The van der Waals surface area contributed by atoms with Gasteiger partial charge in [0.05, 0.1) is 0 Å². The summed E-state index contributed by atoms with van der Waals surface area (Å²) in [5.74, 6) is -1.03. The number of amides is 3. The van der Waals surface area contributed by atoms with Crippen molar-refractivity contribution in [2.24, 2.45) is 11.3 Å². The second-order valence-electron chi connectivity index (χ2n) is 12.4. The molecule has 0 unspecified atom stereocenters. The van der Waals surface area contributed by atoms with Crippen molar-refractivity contribution in [3.8, 4) is 0 Å². The van der Waals surface area contributed by atoms with E-state index in [2.05, 4.69) is 16.0 Å². The Balaban J connectivity index is 2.73. The maximum atomic E-state index is 13.0. The fourth-order valence-corrected chi connectivity index (χ4v) is 4.21. The number of allylic oxidation sites excluding steroid dienone is 5. The van der Waals surface area contributed by atoms with Crippen molar-refractivity contribution in [2.45, 2.75) is 106 Å². The van der Waals surface area contributed by atoms with Gasteiger partial charge in [-0.15, -0.1) is 0 Å². The predicted molar refractivity (Wildman–Crippen MR) is 176 cm³/mol. The number of hydrogen-bond acceptors (Lipinski definition) is 6. The Morgan fingerprint density at radius 2 is 1.75 bits per heavy atom. The molecule has 244 valence electrons. The summed E-state index contributed by atoms with van der Waals surface area (Å²) in [6, 6.07) is -0.871. The zero-order valence-electron chi connectivity index (χ0n) is 27.5. The molecule has 0 aromatic heterocycles. The smallest absolute Gasteiger partial charge is 0.407 e. The Morgan fingerprint density at radius 3 is 2.34 bits per heavy atom. The van der Waals surface area contributed by atoms with Gasteiger partial charge in [0.2, 0.25) is 11.8 Å². The minimum atomic E-state index is -0.808. The summed E-state index contributed by atoms with van der Waals surface area (Å²) in [4.78, 5) is 49.5. The summed E-state index contributed by atoms with van der Waals surface area (Å²) in [6.07, 6.45) is 15.7. The van der Waals surface area contributed by atoms with E-state index in [4.69, 9.17) is 21.1 Å². The standard InChI is InChI=1S/C34H50ClN3O6/c1-22(2)37-33(42)43-27(18-17-26(6)35)14-12-20-36-31(40)30(34(7,8)9)38-29(39)15-11-10-13-23(3)21-25(5)28-19-16-24(4)32(41)44-28/h10-13,15-17,20-22,25,27-28,30H,14,18-19H2,1-9H3,(H,36,40)(H,37,42)(H,38,39)/b13-10-,15-11+,20-12-,23-21+,26-17+/t25-,27+,28-,30+/m0/s1. The third kappa shape index (κ3) is 15.8. The molecule has 0 aliphatic carbocycles. The number of ether oxygens (including phenoxy) is 2. The molecule has 0 bridgehead atoms. The van der Waals surface area contributed by atoms with Crippen LogP contribution in [0.3, 0.4) is 0 Å². The topological polar surface area (TPSA) is 123 Å². The molecule has 1 aliphatic rings. The van der Waals surface area contributed by atoms with Gasteiger partial charge < -0.3 is 25.4 Å². The van der Waals surface area contributed by atoms with Crippen molar-refractivity contribution in [3.63, 3.8) is 0 Å². The van der Waals surface area contributed by atoms with Gasteiger partial charge in [-0.1, -0.05) is 87.4 Å². The predicted octanol–water partition coefficient (Wildman–Crippen LogP) is 6.53. The number of nitrogens with one attached hydrogen (secondary N) is 3. The van der Waals surface area contributed by atoms with Gasteiger partial charge in [-0.25, -0.2) is 9.59 Å². The van der Waals surface area contributed by atoms with Crippen LogP contribution in [0, 0.1) is 11.3 Å². The van der Waals surface area contributed by atoms with Crippen LogP contribution in [0.25, 0.3) is 0 Å². The van der Waals surface area contributed by atoms with Crippen LogP contribution in [0.4, 0.5) is 4.79 Å². The van der Waals surface area contributed by atoms with Crippen LogP contribution in [0.5, 0.6) is 0 Å². The van der Waals surface area contributed by atoms with Crippen LogP contribution in [0.2, 0.25) is 0 Å². The van der Waals surface area contributed by atoms with Gasteiger partial charge in [0.1, 0.15) is 18.2 Å². The first-order chi connectivity index (χ1) is 20.5. The fraction of sp³-hybridized carbons (Fsp3) is 0.529. The van der Waals surface area contributed by atoms with E-state index in [0.717, 1.165) is 5.57 Å². The highest BCUT2D eigenvalue weighted by Crippen LogP contribution is 2.22. The minimum absolute atomic E-state index is 0.0368. The van der Waals surface area contributed by atoms with E-state index in [9.17, 15) is 19.2 Å². The second kappa shape index (κ2) is 18.9.